The molecule has 2 aromatic rings. The Morgan fingerprint density at radius 3 is 2.73 bits per heavy atom. The highest BCUT2D eigenvalue weighted by atomic mass is 16.3. The van der Waals surface area contributed by atoms with Crippen molar-refractivity contribution in [3.05, 3.63) is 12.2 Å². The maximum atomic E-state index is 11.2. The molecule has 6 nitrogen and oxygen atoms in total. The minimum atomic E-state index is -0.610. The molecule has 0 aliphatic heterocycles. The fourth-order valence-electron chi connectivity index (χ4n) is 5.82. The van der Waals surface area contributed by atoms with Crippen LogP contribution in [-0.4, -0.2) is 30.2 Å². The molecular weight excluding hydrogens is 326 g/mol. The molecule has 6 rings (SSSR count). The number of anilines is 1. The van der Waals surface area contributed by atoms with Crippen LogP contribution in [0, 0.1) is 35.5 Å². The number of rotatable bonds is 2. The van der Waals surface area contributed by atoms with E-state index < -0.39 is 5.60 Å². The molecule has 0 spiro atoms. The summed E-state index contributed by atoms with van der Waals surface area (Å²) < 4.78 is 1.99. The van der Waals surface area contributed by atoms with Crippen LogP contribution in [0.25, 0.3) is 11.2 Å². The van der Waals surface area contributed by atoms with Crippen molar-refractivity contribution in [3.63, 3.8) is 0 Å². The van der Waals surface area contributed by atoms with Gasteiger partial charge in [-0.2, -0.15) is 0 Å². The third-order valence-corrected chi connectivity index (χ3v) is 6.57. The van der Waals surface area contributed by atoms with Crippen LogP contribution >= 0.6 is 0 Å². The predicted octanol–water partition coefficient (Wildman–Crippen LogP) is 2.36. The molecule has 3 atom stereocenters. The highest BCUT2D eigenvalue weighted by Crippen LogP contribution is 2.58. The summed E-state index contributed by atoms with van der Waals surface area (Å²) in [6.45, 7) is 2.96. The molecule has 2 heterocycles. The number of hydrogen-bond acceptors (Lipinski definition) is 5. The number of aryl methyl sites for hydroxylation is 1. The lowest BCUT2D eigenvalue weighted by Crippen LogP contribution is -2.56. The van der Waals surface area contributed by atoms with Gasteiger partial charge in [-0.15, -0.1) is 0 Å². The van der Waals surface area contributed by atoms with Crippen molar-refractivity contribution >= 4 is 17.0 Å². The van der Waals surface area contributed by atoms with Gasteiger partial charge in [0.15, 0.2) is 11.5 Å². The molecule has 4 bridgehead atoms. The zero-order valence-electron chi connectivity index (χ0n) is 15.1. The van der Waals surface area contributed by atoms with Gasteiger partial charge < -0.3 is 15.4 Å². The van der Waals surface area contributed by atoms with Gasteiger partial charge in [0.25, 0.3) is 0 Å². The minimum absolute atomic E-state index is 0.0383. The zero-order valence-corrected chi connectivity index (χ0v) is 15.1. The first kappa shape index (κ1) is 16.1. The fourth-order valence-corrected chi connectivity index (χ4v) is 5.82. The van der Waals surface area contributed by atoms with Gasteiger partial charge in [0.05, 0.1) is 17.8 Å². The number of nitrogens with zero attached hydrogens (tertiary/aromatic N) is 4. The number of nitrogens with two attached hydrogens (primary N) is 1. The Morgan fingerprint density at radius 1 is 1.27 bits per heavy atom. The number of aromatic nitrogens is 4. The first-order chi connectivity index (χ1) is 12.6. The van der Waals surface area contributed by atoms with Crippen LogP contribution in [-0.2, 0) is 6.54 Å². The van der Waals surface area contributed by atoms with Crippen molar-refractivity contribution in [2.75, 3.05) is 5.73 Å². The zero-order chi connectivity index (χ0) is 17.9. The molecule has 6 heteroatoms. The van der Waals surface area contributed by atoms with Crippen LogP contribution in [0.4, 0.5) is 5.82 Å². The van der Waals surface area contributed by atoms with Gasteiger partial charge in [-0.3, -0.25) is 0 Å². The summed E-state index contributed by atoms with van der Waals surface area (Å²) in [5.41, 5.74) is 6.84. The summed E-state index contributed by atoms with van der Waals surface area (Å²) in [4.78, 5) is 13.3. The highest BCUT2D eigenvalue weighted by molar-refractivity contribution is 5.81. The van der Waals surface area contributed by atoms with E-state index in [0.29, 0.717) is 34.9 Å². The van der Waals surface area contributed by atoms with Crippen LogP contribution in [0.15, 0.2) is 6.33 Å². The SMILES string of the molecule is CCCn1cnc2c(N)nc(C#CC3C4CC5CC(C4)CC3(O)C5)nc21. The van der Waals surface area contributed by atoms with E-state index in [1.54, 1.807) is 6.33 Å². The minimum Gasteiger partial charge on any atom is -0.389 e. The molecule has 4 fully saturated rings. The fraction of sp³-hybridized carbons (Fsp3) is 0.650. The van der Waals surface area contributed by atoms with E-state index in [0.717, 1.165) is 31.5 Å². The normalized spacial score (nSPS) is 34.8. The molecular formula is C20H25N5O. The van der Waals surface area contributed by atoms with E-state index in [1.807, 2.05) is 4.57 Å². The van der Waals surface area contributed by atoms with Gasteiger partial charge in [0.1, 0.15) is 5.52 Å². The molecule has 0 saturated heterocycles. The van der Waals surface area contributed by atoms with Crippen LogP contribution in [0.1, 0.15) is 51.3 Å². The van der Waals surface area contributed by atoms with Gasteiger partial charge in [0.2, 0.25) is 5.82 Å². The largest absolute Gasteiger partial charge is 0.389 e. The lowest BCUT2D eigenvalue weighted by Gasteiger charge is -2.57. The average molecular weight is 351 g/mol. The quantitative estimate of drug-likeness (QED) is 0.811. The van der Waals surface area contributed by atoms with E-state index >= 15 is 0 Å². The van der Waals surface area contributed by atoms with Gasteiger partial charge in [-0.1, -0.05) is 12.8 Å². The van der Waals surface area contributed by atoms with Crippen LogP contribution < -0.4 is 5.73 Å². The van der Waals surface area contributed by atoms with Crippen molar-refractivity contribution in [3.8, 4) is 11.8 Å². The first-order valence-electron chi connectivity index (χ1n) is 9.78. The summed E-state index contributed by atoms with van der Waals surface area (Å²) >= 11 is 0. The molecule has 26 heavy (non-hydrogen) atoms. The summed E-state index contributed by atoms with van der Waals surface area (Å²) in [7, 11) is 0. The standard InChI is InChI=1S/C20H25N5O/c1-2-5-25-11-22-17-18(21)23-16(24-19(17)25)4-3-15-14-7-12-6-13(8-14)10-20(15,26)9-12/h11-15,26H,2,5-10H2,1H3,(H2,21,23,24). The second kappa shape index (κ2) is 5.68. The Labute approximate surface area is 153 Å². The van der Waals surface area contributed by atoms with E-state index in [1.165, 1.54) is 19.3 Å². The number of imidazole rings is 1. The van der Waals surface area contributed by atoms with Gasteiger partial charge >= 0.3 is 0 Å². The third kappa shape index (κ3) is 2.41. The Balaban J connectivity index is 1.49. The van der Waals surface area contributed by atoms with Crippen molar-refractivity contribution in [2.45, 2.75) is 57.6 Å². The Bertz CT molecular complexity index is 909. The summed E-state index contributed by atoms with van der Waals surface area (Å²) in [6.07, 6.45) is 8.30. The molecule has 4 aliphatic rings. The van der Waals surface area contributed by atoms with E-state index in [-0.39, 0.29) is 5.92 Å². The van der Waals surface area contributed by atoms with Crippen molar-refractivity contribution < 1.29 is 5.11 Å². The lowest BCUT2D eigenvalue weighted by atomic mass is 9.50. The topological polar surface area (TPSA) is 89.9 Å². The summed E-state index contributed by atoms with van der Waals surface area (Å²) in [5.74, 6) is 9.24. The molecule has 0 amide bonds. The Morgan fingerprint density at radius 2 is 2.04 bits per heavy atom. The number of nitrogen functional groups attached to an aromatic ring is 1. The predicted molar refractivity (Wildman–Crippen MR) is 98.9 cm³/mol. The molecule has 136 valence electrons. The van der Waals surface area contributed by atoms with Crippen LogP contribution in [0.3, 0.4) is 0 Å². The Kier molecular flexibility index (Phi) is 3.51. The van der Waals surface area contributed by atoms with Crippen molar-refractivity contribution in [1.82, 2.24) is 19.5 Å². The van der Waals surface area contributed by atoms with Gasteiger partial charge in [0, 0.05) is 6.54 Å². The van der Waals surface area contributed by atoms with Crippen molar-refractivity contribution in [1.29, 1.82) is 0 Å². The number of fused-ring (bicyclic) bond motifs is 1. The smallest absolute Gasteiger partial charge is 0.208 e. The summed E-state index contributed by atoms with van der Waals surface area (Å²) in [6, 6.07) is 0. The number of aliphatic hydroxyl groups is 1. The lowest BCUT2D eigenvalue weighted by molar-refractivity contribution is -0.152. The first-order valence-corrected chi connectivity index (χ1v) is 9.78. The Hall–Kier alpha value is -2.13. The second-order valence-corrected chi connectivity index (χ2v) is 8.50. The average Bonchev–Trinajstić information content (AvgIpc) is 2.97. The number of hydrogen-bond donors (Lipinski definition) is 2. The summed E-state index contributed by atoms with van der Waals surface area (Å²) in [5, 5.41) is 11.2. The second-order valence-electron chi connectivity index (χ2n) is 8.50. The van der Waals surface area contributed by atoms with Crippen molar-refractivity contribution in [2.24, 2.45) is 23.7 Å². The maximum absolute atomic E-state index is 11.2. The van der Waals surface area contributed by atoms with Gasteiger partial charge in [-0.25, -0.2) is 15.0 Å². The van der Waals surface area contributed by atoms with E-state index in [9.17, 15) is 5.11 Å². The monoisotopic (exact) mass is 351 g/mol. The maximum Gasteiger partial charge on any atom is 0.208 e. The molecule has 4 saturated carbocycles. The molecule has 2 aromatic heterocycles. The molecule has 0 aromatic carbocycles. The highest BCUT2D eigenvalue weighted by Gasteiger charge is 2.55. The van der Waals surface area contributed by atoms with E-state index in [2.05, 4.69) is 33.7 Å². The molecule has 3 N–H and O–H groups in total. The van der Waals surface area contributed by atoms with E-state index in [4.69, 9.17) is 5.73 Å². The molecule has 0 radical (unpaired) electrons. The van der Waals surface area contributed by atoms with Gasteiger partial charge in [-0.05, 0) is 62.2 Å². The molecule has 3 unspecified atom stereocenters. The van der Waals surface area contributed by atoms with Crippen LogP contribution in [0.5, 0.6) is 0 Å². The molecule has 4 aliphatic carbocycles. The van der Waals surface area contributed by atoms with Crippen LogP contribution in [0.2, 0.25) is 0 Å². The third-order valence-electron chi connectivity index (χ3n) is 6.57.